The summed E-state index contributed by atoms with van der Waals surface area (Å²) in [7, 11) is 0. The average Bonchev–Trinajstić information content (AvgIpc) is 2.20. The molecule has 0 aliphatic heterocycles. The molecule has 0 saturated heterocycles. The van der Waals surface area contributed by atoms with Crippen molar-refractivity contribution >= 4 is 23.4 Å². The van der Waals surface area contributed by atoms with E-state index in [2.05, 4.69) is 5.32 Å². The fourth-order valence-electron chi connectivity index (χ4n) is 1.88. The van der Waals surface area contributed by atoms with E-state index in [1.165, 1.54) is 0 Å². The molecule has 0 fully saturated rings. The van der Waals surface area contributed by atoms with Crippen LogP contribution in [-0.2, 0) is 4.79 Å². The molecule has 2 amide bonds. The molecule has 19 heavy (non-hydrogen) atoms. The smallest absolute Gasteiger partial charge is 0.251 e. The SMILES string of the molecule is Cc1cc(C(=O)NC(C)(C)CC(N)=O)c(C)cc1Cl. The molecule has 0 aromatic heterocycles. The van der Waals surface area contributed by atoms with Gasteiger partial charge in [0.1, 0.15) is 0 Å². The van der Waals surface area contributed by atoms with Gasteiger partial charge in [-0.3, -0.25) is 9.59 Å². The highest BCUT2D eigenvalue weighted by Crippen LogP contribution is 2.21. The highest BCUT2D eigenvalue weighted by Gasteiger charge is 2.24. The molecule has 104 valence electrons. The van der Waals surface area contributed by atoms with Crippen molar-refractivity contribution in [1.82, 2.24) is 5.32 Å². The Morgan fingerprint density at radius 2 is 1.84 bits per heavy atom. The summed E-state index contributed by atoms with van der Waals surface area (Å²) in [6.45, 7) is 7.18. The van der Waals surface area contributed by atoms with Crippen molar-refractivity contribution in [3.63, 3.8) is 0 Å². The highest BCUT2D eigenvalue weighted by atomic mass is 35.5. The van der Waals surface area contributed by atoms with Crippen LogP contribution in [0.25, 0.3) is 0 Å². The molecule has 3 N–H and O–H groups in total. The van der Waals surface area contributed by atoms with Gasteiger partial charge in [-0.15, -0.1) is 0 Å². The quantitative estimate of drug-likeness (QED) is 0.890. The summed E-state index contributed by atoms with van der Waals surface area (Å²) >= 11 is 6.00. The molecule has 0 unspecified atom stereocenters. The number of hydrogen-bond acceptors (Lipinski definition) is 2. The van der Waals surface area contributed by atoms with E-state index in [9.17, 15) is 9.59 Å². The number of nitrogens with one attached hydrogen (secondary N) is 1. The average molecular weight is 283 g/mol. The first kappa shape index (κ1) is 15.5. The predicted molar refractivity (Wildman–Crippen MR) is 76.3 cm³/mol. The lowest BCUT2D eigenvalue weighted by Crippen LogP contribution is -2.46. The molecule has 0 aliphatic rings. The monoisotopic (exact) mass is 282 g/mol. The molecule has 5 heteroatoms. The summed E-state index contributed by atoms with van der Waals surface area (Å²) < 4.78 is 0. The summed E-state index contributed by atoms with van der Waals surface area (Å²) in [6.07, 6.45) is 0.0877. The largest absolute Gasteiger partial charge is 0.370 e. The Morgan fingerprint density at radius 3 is 2.37 bits per heavy atom. The van der Waals surface area contributed by atoms with Gasteiger partial charge in [-0.25, -0.2) is 0 Å². The van der Waals surface area contributed by atoms with Crippen molar-refractivity contribution in [3.8, 4) is 0 Å². The molecular weight excluding hydrogens is 264 g/mol. The fraction of sp³-hybridized carbons (Fsp3) is 0.429. The summed E-state index contributed by atoms with van der Waals surface area (Å²) in [5, 5.41) is 3.44. The third-order valence-corrected chi connectivity index (χ3v) is 3.23. The second-order valence-corrected chi connectivity index (χ2v) is 5.80. The van der Waals surface area contributed by atoms with Crippen molar-refractivity contribution in [2.75, 3.05) is 0 Å². The van der Waals surface area contributed by atoms with Crippen LogP contribution >= 0.6 is 11.6 Å². The van der Waals surface area contributed by atoms with Gasteiger partial charge >= 0.3 is 0 Å². The second kappa shape index (κ2) is 5.61. The van der Waals surface area contributed by atoms with Gasteiger partial charge in [-0.2, -0.15) is 0 Å². The summed E-state index contributed by atoms with van der Waals surface area (Å²) in [5.74, 6) is -0.683. The van der Waals surface area contributed by atoms with Crippen molar-refractivity contribution in [2.24, 2.45) is 5.73 Å². The van der Waals surface area contributed by atoms with E-state index in [0.29, 0.717) is 10.6 Å². The Morgan fingerprint density at radius 1 is 1.26 bits per heavy atom. The van der Waals surface area contributed by atoms with Crippen LogP contribution < -0.4 is 11.1 Å². The molecule has 0 spiro atoms. The maximum atomic E-state index is 12.2. The lowest BCUT2D eigenvalue weighted by Gasteiger charge is -2.25. The van der Waals surface area contributed by atoms with Gasteiger partial charge in [-0.05, 0) is 51.0 Å². The van der Waals surface area contributed by atoms with Crippen LogP contribution in [0, 0.1) is 13.8 Å². The van der Waals surface area contributed by atoms with E-state index in [1.807, 2.05) is 13.8 Å². The van der Waals surface area contributed by atoms with Gasteiger partial charge < -0.3 is 11.1 Å². The van der Waals surface area contributed by atoms with Crippen LogP contribution in [0.1, 0.15) is 41.8 Å². The number of primary amides is 1. The summed E-state index contributed by atoms with van der Waals surface area (Å²) in [6, 6.07) is 3.50. The molecule has 0 bridgehead atoms. The minimum atomic E-state index is -0.678. The number of benzene rings is 1. The number of carbonyl (C=O) groups is 2. The van der Waals surface area contributed by atoms with E-state index in [4.69, 9.17) is 17.3 Å². The lowest BCUT2D eigenvalue weighted by atomic mass is 9.98. The van der Waals surface area contributed by atoms with E-state index in [-0.39, 0.29) is 12.3 Å². The van der Waals surface area contributed by atoms with Gasteiger partial charge in [0.2, 0.25) is 5.91 Å². The first-order chi connectivity index (χ1) is 8.62. The molecule has 0 heterocycles. The Bertz CT molecular complexity index is 524. The van der Waals surface area contributed by atoms with E-state index < -0.39 is 11.4 Å². The van der Waals surface area contributed by atoms with Gasteiger partial charge in [0.15, 0.2) is 0 Å². The van der Waals surface area contributed by atoms with Gasteiger partial charge in [-0.1, -0.05) is 11.6 Å². The third-order valence-electron chi connectivity index (χ3n) is 2.82. The number of nitrogens with two attached hydrogens (primary N) is 1. The van der Waals surface area contributed by atoms with Crippen LogP contribution in [0.15, 0.2) is 12.1 Å². The summed E-state index contributed by atoms with van der Waals surface area (Å²) in [5.41, 5.74) is 6.67. The number of carbonyl (C=O) groups excluding carboxylic acids is 2. The Kier molecular flexibility index (Phi) is 4.58. The zero-order chi connectivity index (χ0) is 14.8. The Hall–Kier alpha value is -1.55. The molecule has 1 aromatic carbocycles. The molecular formula is C14H19ClN2O2. The van der Waals surface area contributed by atoms with E-state index in [1.54, 1.807) is 26.0 Å². The first-order valence-electron chi connectivity index (χ1n) is 6.00. The van der Waals surface area contributed by atoms with E-state index in [0.717, 1.165) is 11.1 Å². The summed E-state index contributed by atoms with van der Waals surface area (Å²) in [4.78, 5) is 23.2. The van der Waals surface area contributed by atoms with Crippen LogP contribution in [0.5, 0.6) is 0 Å². The van der Waals surface area contributed by atoms with Gasteiger partial charge in [0, 0.05) is 22.5 Å². The molecule has 0 aliphatic carbocycles. The molecule has 0 saturated carbocycles. The standard InChI is InChI=1S/C14H19ClN2O2/c1-8-6-11(15)9(2)5-10(8)13(19)17-14(3,4)7-12(16)18/h5-6H,7H2,1-4H3,(H2,16,18)(H,17,19). The maximum Gasteiger partial charge on any atom is 0.251 e. The van der Waals surface area contributed by atoms with Crippen molar-refractivity contribution in [2.45, 2.75) is 39.7 Å². The topological polar surface area (TPSA) is 72.2 Å². The molecule has 0 atom stereocenters. The number of amides is 2. The Balaban J connectivity index is 2.96. The number of halogens is 1. The zero-order valence-corrected chi connectivity index (χ0v) is 12.4. The third kappa shape index (κ3) is 4.24. The van der Waals surface area contributed by atoms with Crippen molar-refractivity contribution in [3.05, 3.63) is 33.8 Å². The van der Waals surface area contributed by atoms with Gasteiger partial charge in [0.25, 0.3) is 5.91 Å². The normalized spacial score (nSPS) is 11.2. The van der Waals surface area contributed by atoms with Crippen molar-refractivity contribution < 1.29 is 9.59 Å². The highest BCUT2D eigenvalue weighted by molar-refractivity contribution is 6.31. The number of aryl methyl sites for hydroxylation is 2. The minimum Gasteiger partial charge on any atom is -0.370 e. The number of rotatable bonds is 4. The molecule has 1 rings (SSSR count). The zero-order valence-electron chi connectivity index (χ0n) is 11.6. The fourth-order valence-corrected chi connectivity index (χ4v) is 2.10. The Labute approximate surface area is 118 Å². The molecule has 1 aromatic rings. The number of hydrogen-bond donors (Lipinski definition) is 2. The van der Waals surface area contributed by atoms with Crippen LogP contribution in [0.2, 0.25) is 5.02 Å². The lowest BCUT2D eigenvalue weighted by molar-refractivity contribution is -0.119. The first-order valence-corrected chi connectivity index (χ1v) is 6.38. The van der Waals surface area contributed by atoms with E-state index >= 15 is 0 Å². The van der Waals surface area contributed by atoms with Crippen LogP contribution in [0.4, 0.5) is 0 Å². The maximum absolute atomic E-state index is 12.2. The predicted octanol–water partition coefficient (Wildman–Crippen LogP) is 2.34. The molecule has 0 radical (unpaired) electrons. The van der Waals surface area contributed by atoms with Crippen molar-refractivity contribution in [1.29, 1.82) is 0 Å². The second-order valence-electron chi connectivity index (χ2n) is 5.40. The molecule has 4 nitrogen and oxygen atoms in total. The van der Waals surface area contributed by atoms with Crippen LogP contribution in [0.3, 0.4) is 0 Å². The van der Waals surface area contributed by atoms with Gasteiger partial charge in [0.05, 0.1) is 0 Å². The minimum absolute atomic E-state index is 0.0877. The van der Waals surface area contributed by atoms with Crippen LogP contribution in [-0.4, -0.2) is 17.4 Å².